The van der Waals surface area contributed by atoms with Crippen LogP contribution in [0.3, 0.4) is 0 Å². The molecule has 0 aromatic carbocycles. The van der Waals surface area contributed by atoms with Crippen LogP contribution in [0.15, 0.2) is 36.8 Å². The zero-order chi connectivity index (χ0) is 12.4. The van der Waals surface area contributed by atoms with Crippen LogP contribution in [0.25, 0.3) is 0 Å². The molecule has 2 unspecified atom stereocenters. The molecule has 0 aliphatic heterocycles. The van der Waals surface area contributed by atoms with E-state index >= 15 is 0 Å². The summed E-state index contributed by atoms with van der Waals surface area (Å²) >= 11 is 0. The van der Waals surface area contributed by atoms with Crippen molar-refractivity contribution in [1.29, 1.82) is 0 Å². The van der Waals surface area contributed by atoms with Crippen molar-refractivity contribution in [3.8, 4) is 0 Å². The van der Waals surface area contributed by atoms with Crippen LogP contribution in [0, 0.1) is 0 Å². The molecule has 0 spiro atoms. The highest BCUT2D eigenvalue weighted by Gasteiger charge is 2.28. The van der Waals surface area contributed by atoms with Crippen LogP contribution in [0.4, 0.5) is 0 Å². The molecular formula is C14H15N3O. The molecule has 1 aliphatic carbocycles. The van der Waals surface area contributed by atoms with E-state index in [-0.39, 0.29) is 5.92 Å². The molecule has 0 saturated carbocycles. The Kier molecular flexibility index (Phi) is 3.02. The largest absolute Gasteiger partial charge is 0.388 e. The fourth-order valence-corrected chi connectivity index (χ4v) is 2.66. The molecule has 18 heavy (non-hydrogen) atoms. The van der Waals surface area contributed by atoms with Gasteiger partial charge in [0.05, 0.1) is 12.3 Å². The molecule has 0 bridgehead atoms. The molecule has 2 aromatic heterocycles. The fourth-order valence-electron chi connectivity index (χ4n) is 2.66. The van der Waals surface area contributed by atoms with Crippen molar-refractivity contribution in [2.24, 2.45) is 0 Å². The Morgan fingerprint density at radius 3 is 3.00 bits per heavy atom. The number of aliphatic hydroxyl groups excluding tert-OH is 1. The SMILES string of the molecule is OC(c1ccnnc1)C1CCCc2cccnc21. The maximum atomic E-state index is 10.5. The van der Waals surface area contributed by atoms with Gasteiger partial charge in [0.1, 0.15) is 0 Å². The number of nitrogens with zero attached hydrogens (tertiary/aromatic N) is 3. The summed E-state index contributed by atoms with van der Waals surface area (Å²) < 4.78 is 0. The molecule has 0 fully saturated rings. The third-order valence-corrected chi connectivity index (χ3v) is 3.57. The van der Waals surface area contributed by atoms with Gasteiger partial charge in [0, 0.05) is 29.6 Å². The van der Waals surface area contributed by atoms with E-state index in [0.717, 1.165) is 30.5 Å². The number of aromatic nitrogens is 3. The smallest absolute Gasteiger partial charge is 0.0889 e. The van der Waals surface area contributed by atoms with Crippen LogP contribution in [-0.2, 0) is 6.42 Å². The summed E-state index contributed by atoms with van der Waals surface area (Å²) in [6.45, 7) is 0. The van der Waals surface area contributed by atoms with Crippen LogP contribution >= 0.6 is 0 Å². The van der Waals surface area contributed by atoms with Gasteiger partial charge in [-0.15, -0.1) is 0 Å². The van der Waals surface area contributed by atoms with Gasteiger partial charge in [0.25, 0.3) is 0 Å². The van der Waals surface area contributed by atoms with Crippen LogP contribution in [-0.4, -0.2) is 20.3 Å². The van der Waals surface area contributed by atoms with Crippen molar-refractivity contribution < 1.29 is 5.11 Å². The molecule has 1 aliphatic rings. The number of hydrogen-bond donors (Lipinski definition) is 1. The number of fused-ring (bicyclic) bond motifs is 1. The van der Waals surface area contributed by atoms with Gasteiger partial charge in [-0.1, -0.05) is 6.07 Å². The van der Waals surface area contributed by atoms with E-state index in [1.165, 1.54) is 5.56 Å². The molecule has 4 nitrogen and oxygen atoms in total. The van der Waals surface area contributed by atoms with Crippen molar-refractivity contribution in [3.63, 3.8) is 0 Å². The van der Waals surface area contributed by atoms with Crippen molar-refractivity contribution in [3.05, 3.63) is 53.6 Å². The monoisotopic (exact) mass is 241 g/mol. The number of aryl methyl sites for hydroxylation is 1. The highest BCUT2D eigenvalue weighted by atomic mass is 16.3. The fraction of sp³-hybridized carbons (Fsp3) is 0.357. The van der Waals surface area contributed by atoms with Gasteiger partial charge in [-0.25, -0.2) is 0 Å². The Labute approximate surface area is 106 Å². The lowest BCUT2D eigenvalue weighted by Gasteiger charge is -2.28. The standard InChI is InChI=1S/C14H15N3O/c18-14(11-6-8-16-17-9-11)12-5-1-3-10-4-2-7-15-13(10)12/h2,4,6-9,12,14,18H,1,3,5H2. The molecule has 4 heteroatoms. The first kappa shape index (κ1) is 11.3. The van der Waals surface area contributed by atoms with E-state index in [1.807, 2.05) is 12.1 Å². The predicted molar refractivity (Wildman–Crippen MR) is 66.9 cm³/mol. The quantitative estimate of drug-likeness (QED) is 0.874. The summed E-state index contributed by atoms with van der Waals surface area (Å²) in [5.41, 5.74) is 3.11. The zero-order valence-electron chi connectivity index (χ0n) is 10.0. The topological polar surface area (TPSA) is 58.9 Å². The lowest BCUT2D eigenvalue weighted by Crippen LogP contribution is -2.18. The minimum absolute atomic E-state index is 0.0687. The lowest BCUT2D eigenvalue weighted by molar-refractivity contribution is 0.133. The van der Waals surface area contributed by atoms with E-state index in [1.54, 1.807) is 18.6 Å². The van der Waals surface area contributed by atoms with Crippen LogP contribution < -0.4 is 0 Å². The van der Waals surface area contributed by atoms with Crippen LogP contribution in [0.5, 0.6) is 0 Å². The molecule has 2 heterocycles. The molecule has 0 radical (unpaired) electrons. The van der Waals surface area contributed by atoms with Gasteiger partial charge < -0.3 is 5.11 Å². The minimum atomic E-state index is -0.547. The second kappa shape index (κ2) is 4.82. The molecule has 2 aromatic rings. The van der Waals surface area contributed by atoms with E-state index in [0.29, 0.717) is 0 Å². The third kappa shape index (κ3) is 1.99. The Morgan fingerprint density at radius 1 is 1.22 bits per heavy atom. The average Bonchev–Trinajstić information content (AvgIpc) is 2.47. The first-order chi connectivity index (χ1) is 8.86. The second-order valence-electron chi connectivity index (χ2n) is 4.67. The summed E-state index contributed by atoms with van der Waals surface area (Å²) in [5, 5.41) is 18.1. The van der Waals surface area contributed by atoms with Gasteiger partial charge >= 0.3 is 0 Å². The van der Waals surface area contributed by atoms with Gasteiger partial charge in [0.15, 0.2) is 0 Å². The Balaban J connectivity index is 1.94. The normalized spacial score (nSPS) is 20.2. The van der Waals surface area contributed by atoms with Crippen molar-refractivity contribution in [2.75, 3.05) is 0 Å². The van der Waals surface area contributed by atoms with Gasteiger partial charge in [0.2, 0.25) is 0 Å². The number of aliphatic hydroxyl groups is 1. The molecule has 2 atom stereocenters. The highest BCUT2D eigenvalue weighted by molar-refractivity contribution is 5.29. The van der Waals surface area contributed by atoms with Crippen molar-refractivity contribution in [1.82, 2.24) is 15.2 Å². The predicted octanol–water partition coefficient (Wildman–Crippen LogP) is 2.03. The Hall–Kier alpha value is -1.81. The summed E-state index contributed by atoms with van der Waals surface area (Å²) in [6.07, 6.45) is 7.61. The van der Waals surface area contributed by atoms with Crippen molar-refractivity contribution >= 4 is 0 Å². The molecule has 3 rings (SSSR count). The van der Waals surface area contributed by atoms with Gasteiger partial charge in [-0.05, 0) is 37.0 Å². The highest BCUT2D eigenvalue weighted by Crippen LogP contribution is 2.38. The first-order valence-electron chi connectivity index (χ1n) is 6.24. The minimum Gasteiger partial charge on any atom is -0.388 e. The van der Waals surface area contributed by atoms with E-state index in [2.05, 4.69) is 21.2 Å². The molecular weight excluding hydrogens is 226 g/mol. The summed E-state index contributed by atoms with van der Waals surface area (Å²) in [6, 6.07) is 5.88. The van der Waals surface area contributed by atoms with Crippen molar-refractivity contribution in [2.45, 2.75) is 31.3 Å². The second-order valence-corrected chi connectivity index (χ2v) is 4.67. The van der Waals surface area contributed by atoms with E-state index in [4.69, 9.17) is 0 Å². The zero-order valence-corrected chi connectivity index (χ0v) is 10.0. The van der Waals surface area contributed by atoms with Crippen LogP contribution in [0.1, 0.15) is 41.7 Å². The van der Waals surface area contributed by atoms with E-state index in [9.17, 15) is 5.11 Å². The summed E-state index contributed by atoms with van der Waals surface area (Å²) in [7, 11) is 0. The average molecular weight is 241 g/mol. The van der Waals surface area contributed by atoms with Crippen LogP contribution in [0.2, 0.25) is 0 Å². The first-order valence-corrected chi connectivity index (χ1v) is 6.24. The lowest BCUT2D eigenvalue weighted by atomic mass is 9.81. The number of pyridine rings is 1. The molecule has 0 saturated heterocycles. The Morgan fingerprint density at radius 2 is 2.17 bits per heavy atom. The number of rotatable bonds is 2. The molecule has 92 valence electrons. The third-order valence-electron chi connectivity index (χ3n) is 3.57. The maximum Gasteiger partial charge on any atom is 0.0889 e. The molecule has 1 N–H and O–H groups in total. The Bertz CT molecular complexity index is 530. The van der Waals surface area contributed by atoms with Gasteiger partial charge in [-0.3, -0.25) is 4.98 Å². The summed E-state index contributed by atoms with van der Waals surface area (Å²) in [4.78, 5) is 4.45. The summed E-state index contributed by atoms with van der Waals surface area (Å²) in [5.74, 6) is 0.0687. The van der Waals surface area contributed by atoms with Gasteiger partial charge in [-0.2, -0.15) is 10.2 Å². The van der Waals surface area contributed by atoms with E-state index < -0.39 is 6.10 Å². The molecule has 0 amide bonds. The number of hydrogen-bond acceptors (Lipinski definition) is 4. The maximum absolute atomic E-state index is 10.5.